The molecule has 2 nitrogen and oxygen atoms in total. The molecule has 20 heavy (non-hydrogen) atoms. The van der Waals surface area contributed by atoms with Gasteiger partial charge in [-0.2, -0.15) is 0 Å². The summed E-state index contributed by atoms with van der Waals surface area (Å²) in [6.45, 7) is 0. The molecular weight excluding hydrogens is 331 g/mol. The first-order valence-corrected chi connectivity index (χ1v) is 6.43. The molecule has 0 aliphatic carbocycles. The molecule has 0 aliphatic rings. The topological polar surface area (TPSA) is 29.1 Å². The van der Waals surface area contributed by atoms with Crippen LogP contribution in [0.1, 0.15) is 10.4 Å². The smallest absolute Gasteiger partial charge is 0.258 e. The predicted molar refractivity (Wildman–Crippen MR) is 75.8 cm³/mol. The Morgan fingerprint density at radius 2 is 1.60 bits per heavy atom. The van der Waals surface area contributed by atoms with Gasteiger partial charge in [0.25, 0.3) is 5.91 Å². The van der Waals surface area contributed by atoms with Gasteiger partial charge in [-0.1, -0.05) is 34.8 Å². The summed E-state index contributed by atoms with van der Waals surface area (Å²) in [4.78, 5) is 11.9. The molecule has 7 heteroatoms. The number of halogens is 5. The quantitative estimate of drug-likeness (QED) is 0.752. The number of hydrogen-bond acceptors (Lipinski definition) is 1. The number of carbonyl (C=O) groups is 1. The Hall–Kier alpha value is -1.36. The van der Waals surface area contributed by atoms with E-state index in [1.165, 1.54) is 12.1 Å². The second-order valence-corrected chi connectivity index (χ2v) is 5.05. The minimum atomic E-state index is -0.973. The minimum absolute atomic E-state index is 0.148. The lowest BCUT2D eigenvalue weighted by Crippen LogP contribution is -2.14. The van der Waals surface area contributed by atoms with Gasteiger partial charge in [0.2, 0.25) is 0 Å². The van der Waals surface area contributed by atoms with E-state index in [1.807, 2.05) is 0 Å². The van der Waals surface area contributed by atoms with Gasteiger partial charge in [-0.3, -0.25) is 4.79 Å². The summed E-state index contributed by atoms with van der Waals surface area (Å²) in [6.07, 6.45) is 0. The van der Waals surface area contributed by atoms with Crippen LogP contribution in [0.3, 0.4) is 0 Å². The van der Waals surface area contributed by atoms with E-state index in [1.54, 1.807) is 0 Å². The zero-order valence-corrected chi connectivity index (χ0v) is 12.0. The fourth-order valence-electron chi connectivity index (χ4n) is 1.48. The summed E-state index contributed by atoms with van der Waals surface area (Å²) in [5.41, 5.74) is -0.136. The lowest BCUT2D eigenvalue weighted by molar-refractivity contribution is 0.102. The van der Waals surface area contributed by atoms with Crippen LogP contribution in [-0.2, 0) is 0 Å². The Kier molecular flexibility index (Phi) is 4.48. The first-order valence-electron chi connectivity index (χ1n) is 5.29. The maximum absolute atomic E-state index is 13.5. The van der Waals surface area contributed by atoms with Crippen LogP contribution in [0.15, 0.2) is 30.3 Å². The number of rotatable bonds is 2. The molecule has 1 N–H and O–H groups in total. The predicted octanol–water partition coefficient (Wildman–Crippen LogP) is 5.18. The molecule has 0 bridgehead atoms. The van der Waals surface area contributed by atoms with E-state index in [0.29, 0.717) is 6.07 Å². The van der Waals surface area contributed by atoms with Gasteiger partial charge < -0.3 is 5.32 Å². The van der Waals surface area contributed by atoms with Crippen LogP contribution in [0.2, 0.25) is 15.1 Å². The molecule has 2 aromatic rings. The highest BCUT2D eigenvalue weighted by Gasteiger charge is 2.15. The zero-order chi connectivity index (χ0) is 14.9. The van der Waals surface area contributed by atoms with Crippen LogP contribution in [0.25, 0.3) is 0 Å². The van der Waals surface area contributed by atoms with Gasteiger partial charge in [-0.25, -0.2) is 8.78 Å². The molecule has 0 spiro atoms. The van der Waals surface area contributed by atoms with Crippen molar-refractivity contribution in [2.24, 2.45) is 0 Å². The lowest BCUT2D eigenvalue weighted by atomic mass is 10.2. The number of amides is 1. The molecule has 2 aromatic carbocycles. The molecule has 0 aromatic heterocycles. The van der Waals surface area contributed by atoms with Gasteiger partial charge in [-0.05, 0) is 24.3 Å². The third kappa shape index (κ3) is 3.20. The van der Waals surface area contributed by atoms with Crippen LogP contribution in [0, 0.1) is 11.6 Å². The average Bonchev–Trinajstić information content (AvgIpc) is 2.35. The summed E-state index contributed by atoms with van der Waals surface area (Å²) in [6, 6.07) is 5.32. The van der Waals surface area contributed by atoms with Crippen LogP contribution in [0.5, 0.6) is 0 Å². The van der Waals surface area contributed by atoms with Crippen molar-refractivity contribution < 1.29 is 13.6 Å². The van der Waals surface area contributed by atoms with Crippen LogP contribution >= 0.6 is 34.8 Å². The van der Waals surface area contributed by atoms with E-state index in [4.69, 9.17) is 34.8 Å². The number of benzene rings is 2. The number of hydrogen-bond donors (Lipinski definition) is 1. The van der Waals surface area contributed by atoms with Crippen LogP contribution in [0.4, 0.5) is 14.5 Å². The average molecular weight is 337 g/mol. The van der Waals surface area contributed by atoms with Crippen molar-refractivity contribution in [3.8, 4) is 0 Å². The van der Waals surface area contributed by atoms with E-state index in [9.17, 15) is 13.6 Å². The van der Waals surface area contributed by atoms with Crippen molar-refractivity contribution in [1.82, 2.24) is 0 Å². The van der Waals surface area contributed by atoms with Gasteiger partial charge in [-0.15, -0.1) is 0 Å². The summed E-state index contributed by atoms with van der Waals surface area (Å²) in [5.74, 6) is -2.52. The van der Waals surface area contributed by atoms with Crippen molar-refractivity contribution in [3.63, 3.8) is 0 Å². The zero-order valence-electron chi connectivity index (χ0n) is 9.68. The second-order valence-electron chi connectivity index (χ2n) is 3.82. The Labute approximate surface area is 128 Å². The van der Waals surface area contributed by atoms with Gasteiger partial charge in [0.1, 0.15) is 11.6 Å². The summed E-state index contributed by atoms with van der Waals surface area (Å²) in [5, 5.41) is 2.94. The van der Waals surface area contributed by atoms with E-state index in [0.717, 1.165) is 12.1 Å². The number of anilines is 1. The molecule has 0 saturated carbocycles. The Balaban J connectivity index is 2.30. The molecule has 0 aliphatic heterocycles. The van der Waals surface area contributed by atoms with E-state index < -0.39 is 17.5 Å². The fraction of sp³-hybridized carbons (Fsp3) is 0. The molecule has 1 amide bonds. The molecule has 0 fully saturated rings. The fourth-order valence-corrected chi connectivity index (χ4v) is 2.08. The first kappa shape index (κ1) is 15.0. The van der Waals surface area contributed by atoms with Crippen molar-refractivity contribution in [3.05, 3.63) is 62.6 Å². The number of carbonyl (C=O) groups excluding carboxylic acids is 1. The summed E-state index contributed by atoms with van der Waals surface area (Å²) in [7, 11) is 0. The minimum Gasteiger partial charge on any atom is -0.320 e. The molecule has 0 unspecified atom stereocenters. The molecule has 0 atom stereocenters. The maximum Gasteiger partial charge on any atom is 0.258 e. The van der Waals surface area contributed by atoms with Crippen molar-refractivity contribution >= 4 is 46.4 Å². The van der Waals surface area contributed by atoms with Crippen molar-refractivity contribution in [2.75, 3.05) is 5.32 Å². The highest BCUT2D eigenvalue weighted by molar-refractivity contribution is 6.44. The third-order valence-corrected chi connectivity index (χ3v) is 3.47. The molecule has 0 radical (unpaired) electrons. The first-order chi connectivity index (χ1) is 9.38. The normalized spacial score (nSPS) is 10.4. The summed E-state index contributed by atoms with van der Waals surface area (Å²) < 4.78 is 26.2. The van der Waals surface area contributed by atoms with Crippen molar-refractivity contribution in [2.45, 2.75) is 0 Å². The van der Waals surface area contributed by atoms with Crippen LogP contribution in [-0.4, -0.2) is 5.91 Å². The molecule has 104 valence electrons. The van der Waals surface area contributed by atoms with E-state index in [2.05, 4.69) is 5.32 Å². The van der Waals surface area contributed by atoms with Gasteiger partial charge >= 0.3 is 0 Å². The standard InChI is InChI=1S/C13H6Cl3F2NO/c14-8-4-10(16)12(5-9(8)15)19-13(20)7-2-1-6(17)3-11(7)18/h1-5H,(H,19,20). The van der Waals surface area contributed by atoms with Gasteiger partial charge in [0.15, 0.2) is 0 Å². The second kappa shape index (κ2) is 5.95. The monoisotopic (exact) mass is 335 g/mol. The van der Waals surface area contributed by atoms with Crippen molar-refractivity contribution in [1.29, 1.82) is 0 Å². The highest BCUT2D eigenvalue weighted by Crippen LogP contribution is 2.32. The SMILES string of the molecule is O=C(Nc1cc(Cl)c(Cl)cc1Cl)c1ccc(F)cc1F. The van der Waals surface area contributed by atoms with Crippen LogP contribution < -0.4 is 5.32 Å². The largest absolute Gasteiger partial charge is 0.320 e. The molecular formula is C13H6Cl3F2NO. The Morgan fingerprint density at radius 3 is 2.25 bits per heavy atom. The molecule has 0 heterocycles. The molecule has 0 saturated heterocycles. The van der Waals surface area contributed by atoms with Gasteiger partial charge in [0.05, 0.1) is 26.3 Å². The van der Waals surface area contributed by atoms with Gasteiger partial charge in [0, 0.05) is 6.07 Å². The number of nitrogens with one attached hydrogen (secondary N) is 1. The lowest BCUT2D eigenvalue weighted by Gasteiger charge is -2.09. The maximum atomic E-state index is 13.5. The van der Waals surface area contributed by atoms with E-state index in [-0.39, 0.29) is 26.3 Å². The molecule has 2 rings (SSSR count). The highest BCUT2D eigenvalue weighted by atomic mass is 35.5. The Morgan fingerprint density at radius 1 is 0.950 bits per heavy atom. The Bertz CT molecular complexity index is 692. The third-order valence-electron chi connectivity index (χ3n) is 2.43. The van der Waals surface area contributed by atoms with E-state index >= 15 is 0 Å². The summed E-state index contributed by atoms with van der Waals surface area (Å²) >= 11 is 17.4.